The minimum atomic E-state index is -3.49. The third-order valence-corrected chi connectivity index (χ3v) is 4.96. The molecule has 0 N–H and O–H groups in total. The number of hydrogen-bond donors (Lipinski definition) is 0. The highest BCUT2D eigenvalue weighted by atomic mass is 35.5. The first-order valence-electron chi connectivity index (χ1n) is 7.02. The van der Waals surface area contributed by atoms with Gasteiger partial charge in [0.15, 0.2) is 0 Å². The highest BCUT2D eigenvalue weighted by molar-refractivity contribution is 7.89. The van der Waals surface area contributed by atoms with Crippen LogP contribution in [-0.4, -0.2) is 24.2 Å². The Kier molecular flexibility index (Phi) is 4.84. The van der Waals surface area contributed by atoms with E-state index >= 15 is 0 Å². The molecular formula is C16H14ClN3O2S2. The number of benzene rings is 1. The fraction of sp³-hybridized carbons (Fsp3) is 0.125. The third kappa shape index (κ3) is 4.11. The summed E-state index contributed by atoms with van der Waals surface area (Å²) < 4.78 is 28.9. The zero-order valence-electron chi connectivity index (χ0n) is 12.8. The lowest BCUT2D eigenvalue weighted by Gasteiger charge is -2.09. The van der Waals surface area contributed by atoms with Crippen molar-refractivity contribution in [2.75, 3.05) is 6.26 Å². The van der Waals surface area contributed by atoms with Gasteiger partial charge < -0.3 is 4.57 Å². The summed E-state index contributed by atoms with van der Waals surface area (Å²) in [7, 11) is -3.49. The minimum Gasteiger partial charge on any atom is -0.310 e. The molecule has 8 heteroatoms. The summed E-state index contributed by atoms with van der Waals surface area (Å²) in [6.07, 6.45) is 2.79. The lowest BCUT2D eigenvalue weighted by atomic mass is 10.2. The van der Waals surface area contributed by atoms with Crippen LogP contribution in [0.1, 0.15) is 5.69 Å². The second kappa shape index (κ2) is 6.88. The summed E-state index contributed by atoms with van der Waals surface area (Å²) in [5.41, 5.74) is 2.62. The zero-order valence-corrected chi connectivity index (χ0v) is 15.1. The van der Waals surface area contributed by atoms with Crippen molar-refractivity contribution in [1.29, 1.82) is 0 Å². The standard InChI is InChI=1S/C16H14ClN3O2S2/c1-24(21,22)19-16-20(10-14-4-2-3-9-18-14)15(11-23-16)12-5-7-13(17)8-6-12/h2-9,11H,10H2,1H3/b19-16+. The molecule has 2 aromatic heterocycles. The van der Waals surface area contributed by atoms with Crippen LogP contribution in [0, 0.1) is 0 Å². The van der Waals surface area contributed by atoms with Crippen molar-refractivity contribution in [3.63, 3.8) is 0 Å². The van der Waals surface area contributed by atoms with Gasteiger partial charge in [-0.15, -0.1) is 15.7 Å². The van der Waals surface area contributed by atoms with Gasteiger partial charge >= 0.3 is 0 Å². The van der Waals surface area contributed by atoms with Gasteiger partial charge in [0.05, 0.1) is 24.2 Å². The quantitative estimate of drug-likeness (QED) is 0.699. The molecule has 3 aromatic rings. The smallest absolute Gasteiger partial charge is 0.252 e. The predicted molar refractivity (Wildman–Crippen MR) is 96.5 cm³/mol. The van der Waals surface area contributed by atoms with Crippen LogP contribution in [0.3, 0.4) is 0 Å². The molecule has 124 valence electrons. The highest BCUT2D eigenvalue weighted by Gasteiger charge is 2.11. The summed E-state index contributed by atoms with van der Waals surface area (Å²) in [5, 5.41) is 2.53. The number of halogens is 1. The average Bonchev–Trinajstić information content (AvgIpc) is 2.90. The van der Waals surface area contributed by atoms with Crippen molar-refractivity contribution in [2.45, 2.75) is 6.54 Å². The van der Waals surface area contributed by atoms with Crippen molar-refractivity contribution in [1.82, 2.24) is 9.55 Å². The van der Waals surface area contributed by atoms with Crippen LogP contribution in [-0.2, 0) is 16.6 Å². The second-order valence-electron chi connectivity index (χ2n) is 5.14. The largest absolute Gasteiger partial charge is 0.310 e. The van der Waals surface area contributed by atoms with E-state index in [4.69, 9.17) is 11.6 Å². The Hall–Kier alpha value is -1.96. The van der Waals surface area contributed by atoms with E-state index < -0.39 is 10.0 Å². The molecule has 3 rings (SSSR count). The molecule has 5 nitrogen and oxygen atoms in total. The number of sulfonamides is 1. The summed E-state index contributed by atoms with van der Waals surface area (Å²) in [4.78, 5) is 4.72. The topological polar surface area (TPSA) is 64.3 Å². The molecule has 0 fully saturated rings. The Morgan fingerprint density at radius 1 is 1.21 bits per heavy atom. The molecule has 0 aliphatic heterocycles. The molecule has 0 amide bonds. The molecule has 1 aromatic carbocycles. The molecule has 2 heterocycles. The van der Waals surface area contributed by atoms with E-state index in [0.29, 0.717) is 16.4 Å². The maximum absolute atomic E-state index is 11.6. The van der Waals surface area contributed by atoms with Crippen LogP contribution in [0.15, 0.2) is 58.4 Å². The fourth-order valence-corrected chi connectivity index (χ4v) is 4.06. The Morgan fingerprint density at radius 2 is 1.96 bits per heavy atom. The number of hydrogen-bond acceptors (Lipinski definition) is 4. The number of nitrogens with zero attached hydrogens (tertiary/aromatic N) is 3. The Labute approximate surface area is 149 Å². The van der Waals surface area contributed by atoms with Crippen LogP contribution >= 0.6 is 22.9 Å². The molecule has 0 saturated carbocycles. The van der Waals surface area contributed by atoms with Gasteiger partial charge in [0, 0.05) is 16.6 Å². The van der Waals surface area contributed by atoms with Crippen LogP contribution in [0.4, 0.5) is 0 Å². The summed E-state index contributed by atoms with van der Waals surface area (Å²) in [6.45, 7) is 0.427. The molecule has 0 bridgehead atoms. The third-order valence-electron chi connectivity index (χ3n) is 3.23. The molecule has 0 unspecified atom stereocenters. The van der Waals surface area contributed by atoms with Crippen molar-refractivity contribution in [3.05, 3.63) is 69.6 Å². The Balaban J connectivity index is 2.16. The van der Waals surface area contributed by atoms with Crippen LogP contribution in [0.5, 0.6) is 0 Å². The lowest BCUT2D eigenvalue weighted by Crippen LogP contribution is -2.19. The molecule has 0 radical (unpaired) electrons. The van der Waals surface area contributed by atoms with Gasteiger partial charge in [-0.2, -0.15) is 0 Å². The number of aromatic nitrogens is 2. The van der Waals surface area contributed by atoms with Crippen molar-refractivity contribution >= 4 is 33.0 Å². The molecule has 0 atom stereocenters. The molecule has 0 saturated heterocycles. The van der Waals surface area contributed by atoms with E-state index in [0.717, 1.165) is 23.2 Å². The monoisotopic (exact) mass is 379 g/mol. The van der Waals surface area contributed by atoms with Crippen molar-refractivity contribution < 1.29 is 8.42 Å². The molecular weight excluding hydrogens is 366 g/mol. The number of pyridine rings is 1. The first-order valence-corrected chi connectivity index (χ1v) is 10.1. The molecule has 0 aliphatic carbocycles. The van der Waals surface area contributed by atoms with Gasteiger partial charge in [0.25, 0.3) is 10.0 Å². The van der Waals surface area contributed by atoms with E-state index in [1.165, 1.54) is 11.3 Å². The number of thiazole rings is 1. The van der Waals surface area contributed by atoms with E-state index in [-0.39, 0.29) is 0 Å². The average molecular weight is 380 g/mol. The first-order chi connectivity index (χ1) is 11.4. The zero-order chi connectivity index (χ0) is 17.2. The van der Waals surface area contributed by atoms with E-state index in [1.807, 2.05) is 40.3 Å². The van der Waals surface area contributed by atoms with Gasteiger partial charge in [-0.3, -0.25) is 4.98 Å². The predicted octanol–water partition coefficient (Wildman–Crippen LogP) is 3.17. The molecule has 0 aliphatic rings. The van der Waals surface area contributed by atoms with Gasteiger partial charge in [0.2, 0.25) is 4.80 Å². The Bertz CT molecular complexity index is 1010. The summed E-state index contributed by atoms with van der Waals surface area (Å²) in [5.74, 6) is 0. The fourth-order valence-electron chi connectivity index (χ4n) is 2.20. The van der Waals surface area contributed by atoms with E-state index in [1.54, 1.807) is 18.3 Å². The minimum absolute atomic E-state index is 0.410. The van der Waals surface area contributed by atoms with E-state index in [9.17, 15) is 8.42 Å². The number of rotatable bonds is 4. The van der Waals surface area contributed by atoms with Gasteiger partial charge in [-0.1, -0.05) is 29.8 Å². The maximum atomic E-state index is 11.6. The van der Waals surface area contributed by atoms with Crippen molar-refractivity contribution in [2.24, 2.45) is 4.40 Å². The van der Waals surface area contributed by atoms with Crippen LogP contribution < -0.4 is 4.80 Å². The van der Waals surface area contributed by atoms with Gasteiger partial charge in [-0.25, -0.2) is 8.42 Å². The van der Waals surface area contributed by atoms with Crippen molar-refractivity contribution in [3.8, 4) is 11.3 Å². The lowest BCUT2D eigenvalue weighted by molar-refractivity contribution is 0.601. The maximum Gasteiger partial charge on any atom is 0.252 e. The van der Waals surface area contributed by atoms with Gasteiger partial charge in [-0.05, 0) is 29.8 Å². The molecule has 0 spiro atoms. The van der Waals surface area contributed by atoms with Crippen LogP contribution in [0.25, 0.3) is 11.3 Å². The Morgan fingerprint density at radius 3 is 2.58 bits per heavy atom. The molecule has 24 heavy (non-hydrogen) atoms. The van der Waals surface area contributed by atoms with Gasteiger partial charge in [0.1, 0.15) is 0 Å². The summed E-state index contributed by atoms with van der Waals surface area (Å²) >= 11 is 7.23. The first kappa shape index (κ1) is 16.9. The second-order valence-corrected chi connectivity index (χ2v) is 8.06. The SMILES string of the molecule is CS(=O)(=O)/N=c1/scc(-c2ccc(Cl)cc2)n1Cc1ccccn1. The van der Waals surface area contributed by atoms with E-state index in [2.05, 4.69) is 9.38 Å². The summed E-state index contributed by atoms with van der Waals surface area (Å²) in [6, 6.07) is 13.0. The highest BCUT2D eigenvalue weighted by Crippen LogP contribution is 2.23. The normalized spacial score (nSPS) is 12.5. The van der Waals surface area contributed by atoms with Crippen LogP contribution in [0.2, 0.25) is 5.02 Å².